The Balaban J connectivity index is 1.80. The minimum atomic E-state index is -0.691. The Morgan fingerprint density at radius 3 is 2.47 bits per heavy atom. The Kier molecular flexibility index (Phi) is 3.99. The summed E-state index contributed by atoms with van der Waals surface area (Å²) in [4.78, 5) is 28.3. The molecule has 0 fully saturated rings. The van der Waals surface area contributed by atoms with Gasteiger partial charge in [0.1, 0.15) is 17.1 Å². The molecule has 1 aliphatic heterocycles. The molecule has 1 amide bonds. The fraction of sp³-hybridized carbons (Fsp3) is 0.174. The molecule has 0 N–H and O–H groups in total. The van der Waals surface area contributed by atoms with E-state index in [4.69, 9.17) is 13.7 Å². The van der Waals surface area contributed by atoms with Gasteiger partial charge in [-0.25, -0.2) is 0 Å². The van der Waals surface area contributed by atoms with E-state index >= 15 is 0 Å². The van der Waals surface area contributed by atoms with Gasteiger partial charge < -0.3 is 13.7 Å². The van der Waals surface area contributed by atoms with Crippen molar-refractivity contribution in [1.82, 2.24) is 5.16 Å². The molecule has 4 aromatic rings. The van der Waals surface area contributed by atoms with Gasteiger partial charge in [-0.1, -0.05) is 28.9 Å². The average molecular weight is 402 g/mol. The molecule has 7 heteroatoms. The van der Waals surface area contributed by atoms with E-state index in [-0.39, 0.29) is 11.2 Å². The number of ether oxygens (including phenoxy) is 1. The topological polar surface area (TPSA) is 85.8 Å². The van der Waals surface area contributed by atoms with Gasteiger partial charge in [0.05, 0.1) is 24.1 Å². The van der Waals surface area contributed by atoms with Crippen molar-refractivity contribution in [2.24, 2.45) is 0 Å². The zero-order valence-corrected chi connectivity index (χ0v) is 16.6. The largest absolute Gasteiger partial charge is 0.497 e. The fourth-order valence-corrected chi connectivity index (χ4v) is 3.89. The van der Waals surface area contributed by atoms with Gasteiger partial charge in [-0.15, -0.1) is 0 Å². The number of rotatable bonds is 3. The third-order valence-electron chi connectivity index (χ3n) is 5.32. The highest BCUT2D eigenvalue weighted by atomic mass is 16.5. The van der Waals surface area contributed by atoms with Crippen molar-refractivity contribution >= 4 is 22.7 Å². The van der Waals surface area contributed by atoms with Gasteiger partial charge in [0.2, 0.25) is 5.76 Å². The summed E-state index contributed by atoms with van der Waals surface area (Å²) >= 11 is 0. The zero-order chi connectivity index (χ0) is 21.0. The molecule has 0 spiro atoms. The lowest BCUT2D eigenvalue weighted by atomic mass is 9.98. The summed E-state index contributed by atoms with van der Waals surface area (Å²) in [6.45, 7) is 3.65. The summed E-state index contributed by atoms with van der Waals surface area (Å²) in [5.41, 5.74) is 2.12. The smallest absolute Gasteiger partial charge is 0.296 e. The second-order valence-electron chi connectivity index (χ2n) is 7.32. The highest BCUT2D eigenvalue weighted by molar-refractivity contribution is 6.10. The van der Waals surface area contributed by atoms with Crippen molar-refractivity contribution in [2.75, 3.05) is 12.0 Å². The molecular formula is C23H18N2O5. The normalized spacial score (nSPS) is 15.6. The van der Waals surface area contributed by atoms with Crippen LogP contribution in [-0.4, -0.2) is 18.2 Å². The van der Waals surface area contributed by atoms with E-state index in [1.165, 1.54) is 4.90 Å². The number of aromatic nitrogens is 1. The highest BCUT2D eigenvalue weighted by Crippen LogP contribution is 2.41. The summed E-state index contributed by atoms with van der Waals surface area (Å²) in [7, 11) is 1.58. The Hall–Kier alpha value is -3.87. The number of methoxy groups -OCH3 is 1. The van der Waals surface area contributed by atoms with Crippen LogP contribution in [0.25, 0.3) is 11.0 Å². The van der Waals surface area contributed by atoms with Crippen molar-refractivity contribution in [3.8, 4) is 5.75 Å². The molecule has 0 aliphatic carbocycles. The first-order chi connectivity index (χ1) is 14.5. The van der Waals surface area contributed by atoms with Crippen molar-refractivity contribution < 1.29 is 18.5 Å². The number of benzene rings is 2. The van der Waals surface area contributed by atoms with Gasteiger partial charge in [0, 0.05) is 6.07 Å². The first-order valence-corrected chi connectivity index (χ1v) is 9.46. The third-order valence-corrected chi connectivity index (χ3v) is 5.32. The van der Waals surface area contributed by atoms with Crippen LogP contribution in [0.15, 0.2) is 62.3 Å². The number of hydrogen-bond acceptors (Lipinski definition) is 6. The summed E-state index contributed by atoms with van der Waals surface area (Å²) in [5, 5.41) is 4.46. The summed E-state index contributed by atoms with van der Waals surface area (Å²) in [6.07, 6.45) is 0. The SMILES string of the molecule is COc1ccc([C@H]2c3c(oc4ccc(C)cc4c3=O)C(=O)N2c2cc(C)on2)cc1. The van der Waals surface area contributed by atoms with E-state index in [0.717, 1.165) is 11.1 Å². The third kappa shape index (κ3) is 2.62. The molecule has 1 aliphatic rings. The van der Waals surface area contributed by atoms with Gasteiger partial charge in [0.15, 0.2) is 11.2 Å². The maximum atomic E-state index is 13.5. The van der Waals surface area contributed by atoms with Gasteiger partial charge in [0.25, 0.3) is 5.91 Å². The minimum absolute atomic E-state index is 0.0258. The van der Waals surface area contributed by atoms with E-state index in [1.54, 1.807) is 44.4 Å². The molecule has 150 valence electrons. The lowest BCUT2D eigenvalue weighted by Crippen LogP contribution is -2.29. The molecule has 0 saturated carbocycles. The average Bonchev–Trinajstić information content (AvgIpc) is 3.30. The van der Waals surface area contributed by atoms with Crippen LogP contribution in [-0.2, 0) is 0 Å². The van der Waals surface area contributed by atoms with Crippen molar-refractivity contribution in [3.63, 3.8) is 0 Å². The van der Waals surface area contributed by atoms with E-state index in [0.29, 0.717) is 33.9 Å². The predicted octanol–water partition coefficient (Wildman–Crippen LogP) is 4.16. The standard InChI is InChI=1S/C23H18N2O5/c1-12-4-9-17-16(10-12)21(26)19-20(14-5-7-15(28-3)8-6-14)25(23(27)22(19)29-17)18-11-13(2)30-24-18/h4-11,20H,1-3H3/t20-/m0/s1. The van der Waals surface area contributed by atoms with Crippen LogP contribution in [0, 0.1) is 13.8 Å². The number of amides is 1. The zero-order valence-electron chi connectivity index (χ0n) is 16.6. The summed E-state index contributed by atoms with van der Waals surface area (Å²) in [6, 6.07) is 13.5. The molecule has 5 rings (SSSR count). The first kappa shape index (κ1) is 18.2. The number of anilines is 1. The van der Waals surface area contributed by atoms with Crippen LogP contribution in [0.2, 0.25) is 0 Å². The molecule has 0 bridgehead atoms. The molecule has 3 heterocycles. The summed E-state index contributed by atoms with van der Waals surface area (Å²) in [5.74, 6) is 1.15. The maximum Gasteiger partial charge on any atom is 0.296 e. The number of carbonyl (C=O) groups excluding carboxylic acids is 1. The van der Waals surface area contributed by atoms with Gasteiger partial charge >= 0.3 is 0 Å². The predicted molar refractivity (Wildman–Crippen MR) is 110 cm³/mol. The number of nitrogens with zero attached hydrogens (tertiary/aromatic N) is 2. The van der Waals surface area contributed by atoms with E-state index in [1.807, 2.05) is 25.1 Å². The van der Waals surface area contributed by atoms with Crippen LogP contribution in [0.3, 0.4) is 0 Å². The van der Waals surface area contributed by atoms with Crippen LogP contribution in [0.4, 0.5) is 5.82 Å². The monoisotopic (exact) mass is 402 g/mol. The van der Waals surface area contributed by atoms with Crippen molar-refractivity contribution in [2.45, 2.75) is 19.9 Å². The van der Waals surface area contributed by atoms with Crippen LogP contribution in [0.1, 0.15) is 39.0 Å². The lowest BCUT2D eigenvalue weighted by molar-refractivity contribution is 0.0969. The molecular weight excluding hydrogens is 384 g/mol. The van der Waals surface area contributed by atoms with Crippen LogP contribution >= 0.6 is 0 Å². The first-order valence-electron chi connectivity index (χ1n) is 9.46. The highest BCUT2D eigenvalue weighted by Gasteiger charge is 2.44. The molecule has 0 saturated heterocycles. The lowest BCUT2D eigenvalue weighted by Gasteiger charge is -2.22. The number of carbonyl (C=O) groups is 1. The number of fused-ring (bicyclic) bond motifs is 2. The number of hydrogen-bond donors (Lipinski definition) is 0. The van der Waals surface area contributed by atoms with Gasteiger partial charge in [-0.3, -0.25) is 14.5 Å². The molecule has 2 aromatic heterocycles. The molecule has 7 nitrogen and oxygen atoms in total. The molecule has 1 atom stereocenters. The van der Waals surface area contributed by atoms with E-state index in [2.05, 4.69) is 5.16 Å². The van der Waals surface area contributed by atoms with Gasteiger partial charge in [-0.05, 0) is 43.7 Å². The maximum absolute atomic E-state index is 13.5. The van der Waals surface area contributed by atoms with E-state index < -0.39 is 11.9 Å². The molecule has 2 aromatic carbocycles. The molecule has 0 unspecified atom stereocenters. The van der Waals surface area contributed by atoms with Crippen LogP contribution < -0.4 is 15.1 Å². The molecule has 30 heavy (non-hydrogen) atoms. The Morgan fingerprint density at radius 2 is 1.80 bits per heavy atom. The Morgan fingerprint density at radius 1 is 1.03 bits per heavy atom. The van der Waals surface area contributed by atoms with E-state index in [9.17, 15) is 9.59 Å². The second kappa shape index (κ2) is 6.59. The Labute approximate surface area is 171 Å². The van der Waals surface area contributed by atoms with Crippen molar-refractivity contribution in [1.29, 1.82) is 0 Å². The molecule has 0 radical (unpaired) electrons. The Bertz CT molecular complexity index is 1350. The second-order valence-corrected chi connectivity index (χ2v) is 7.32. The summed E-state index contributed by atoms with van der Waals surface area (Å²) < 4.78 is 16.4. The van der Waals surface area contributed by atoms with Crippen LogP contribution in [0.5, 0.6) is 5.75 Å². The fourth-order valence-electron chi connectivity index (χ4n) is 3.89. The minimum Gasteiger partial charge on any atom is -0.497 e. The number of aryl methyl sites for hydroxylation is 2. The van der Waals surface area contributed by atoms with Crippen molar-refractivity contribution in [3.05, 3.63) is 87.0 Å². The van der Waals surface area contributed by atoms with Gasteiger partial charge in [-0.2, -0.15) is 0 Å². The quantitative estimate of drug-likeness (QED) is 0.512.